The highest BCUT2D eigenvalue weighted by Crippen LogP contribution is 2.57. The van der Waals surface area contributed by atoms with E-state index in [2.05, 4.69) is 15.2 Å². The second-order valence-corrected chi connectivity index (χ2v) is 12.5. The maximum atomic E-state index is 13.5. The Kier molecular flexibility index (Phi) is 8.97. The summed E-state index contributed by atoms with van der Waals surface area (Å²) >= 11 is 0. The number of aromatic nitrogens is 4. The third-order valence-electron chi connectivity index (χ3n) is 7.79. The van der Waals surface area contributed by atoms with E-state index in [9.17, 15) is 22.7 Å². The van der Waals surface area contributed by atoms with E-state index < -0.39 is 34.9 Å². The van der Waals surface area contributed by atoms with Gasteiger partial charge in [0, 0.05) is 24.9 Å². The molecule has 1 aliphatic rings. The summed E-state index contributed by atoms with van der Waals surface area (Å²) in [5.41, 5.74) is 4.16. The highest BCUT2D eigenvalue weighted by molar-refractivity contribution is 8.22. The van der Waals surface area contributed by atoms with Crippen molar-refractivity contribution in [2.24, 2.45) is 0 Å². The van der Waals surface area contributed by atoms with E-state index in [0.29, 0.717) is 12.0 Å². The van der Waals surface area contributed by atoms with Crippen molar-refractivity contribution >= 4 is 22.4 Å². The van der Waals surface area contributed by atoms with Crippen LogP contribution in [0.5, 0.6) is 5.88 Å². The molecule has 0 amide bonds. The Morgan fingerprint density at radius 2 is 1.98 bits per heavy atom. The second kappa shape index (κ2) is 12.5. The predicted octanol–water partition coefficient (Wildman–Crippen LogP) is 6.46. The molecule has 10 nitrogen and oxygen atoms in total. The van der Waals surface area contributed by atoms with Crippen LogP contribution >= 0.6 is 10.8 Å². The SMILES string of the molecule is CCOC(=O)CC(c1ccc(C)c(CN2C[C@@H](CC)Oc3ncccc3S2(O)O)c1)c1ccn2c(C(F)F)nnc2c1C. The first-order chi connectivity index (χ1) is 20.5. The number of hydrogen-bond acceptors (Lipinski definition) is 9. The lowest BCUT2D eigenvalue weighted by atomic mass is 9.85. The summed E-state index contributed by atoms with van der Waals surface area (Å²) in [6, 6.07) is 10.8. The van der Waals surface area contributed by atoms with E-state index in [1.165, 1.54) is 10.6 Å². The molecule has 230 valence electrons. The number of benzene rings is 1. The summed E-state index contributed by atoms with van der Waals surface area (Å²) in [6.07, 6.45) is 0.601. The van der Waals surface area contributed by atoms with Crippen molar-refractivity contribution in [3.63, 3.8) is 0 Å². The molecule has 43 heavy (non-hydrogen) atoms. The second-order valence-electron chi connectivity index (χ2n) is 10.5. The van der Waals surface area contributed by atoms with Gasteiger partial charge in [0.1, 0.15) is 11.0 Å². The normalized spacial score (nSPS) is 18.1. The van der Waals surface area contributed by atoms with E-state index >= 15 is 0 Å². The van der Waals surface area contributed by atoms with Gasteiger partial charge in [-0.2, -0.15) is 4.31 Å². The standard InChI is InChI=1S/C30H35F2N5O5S/c1-5-22-17-36(43(39,40)25-8-7-12-33-30(25)42-22)16-21-14-20(10-9-18(21)3)24(15-26(38)41-6-2)23-11-13-37-28(19(23)4)34-35-29(37)27(31)32/h7-14,22,24,27,39-40H,5-6,15-17H2,1-4H3/t22-,24?/m1/s1. The summed E-state index contributed by atoms with van der Waals surface area (Å²) in [5, 5.41) is 7.67. The maximum absolute atomic E-state index is 13.5. The molecule has 0 bridgehead atoms. The van der Waals surface area contributed by atoms with Crippen LogP contribution in [0.3, 0.4) is 0 Å². The van der Waals surface area contributed by atoms with Crippen molar-refractivity contribution in [2.45, 2.75) is 70.4 Å². The van der Waals surface area contributed by atoms with Crippen LogP contribution < -0.4 is 4.74 Å². The molecule has 4 aromatic rings. The van der Waals surface area contributed by atoms with Gasteiger partial charge in [0.05, 0.1) is 19.6 Å². The molecule has 5 rings (SSSR count). The van der Waals surface area contributed by atoms with Crippen LogP contribution in [0.2, 0.25) is 0 Å². The molecule has 1 unspecified atom stereocenters. The molecule has 0 saturated heterocycles. The minimum atomic E-state index is -3.43. The van der Waals surface area contributed by atoms with Crippen LogP contribution in [0.4, 0.5) is 8.78 Å². The summed E-state index contributed by atoms with van der Waals surface area (Å²) < 4.78 is 64.1. The zero-order chi connectivity index (χ0) is 30.9. The van der Waals surface area contributed by atoms with Crippen molar-refractivity contribution < 1.29 is 32.2 Å². The Morgan fingerprint density at radius 3 is 2.70 bits per heavy atom. The van der Waals surface area contributed by atoms with E-state index in [1.807, 2.05) is 32.0 Å². The van der Waals surface area contributed by atoms with Crippen molar-refractivity contribution in [3.05, 3.63) is 82.4 Å². The minimum absolute atomic E-state index is 0.00684. The number of pyridine rings is 2. The number of carbonyl (C=O) groups is 1. The Morgan fingerprint density at radius 1 is 1.19 bits per heavy atom. The molecule has 0 saturated carbocycles. The van der Waals surface area contributed by atoms with Gasteiger partial charge in [0.2, 0.25) is 11.7 Å². The zero-order valence-corrected chi connectivity index (χ0v) is 25.2. The van der Waals surface area contributed by atoms with Crippen LogP contribution in [-0.2, 0) is 16.1 Å². The Labute approximate surface area is 250 Å². The molecule has 2 atom stereocenters. The number of halogens is 2. The molecule has 4 heterocycles. The van der Waals surface area contributed by atoms with E-state index in [0.717, 1.165) is 22.3 Å². The lowest BCUT2D eigenvalue weighted by molar-refractivity contribution is -0.143. The number of hydrogen-bond donors (Lipinski definition) is 2. The van der Waals surface area contributed by atoms with Gasteiger partial charge in [-0.1, -0.05) is 25.1 Å². The summed E-state index contributed by atoms with van der Waals surface area (Å²) in [6.45, 7) is 8.08. The van der Waals surface area contributed by atoms with Crippen LogP contribution in [0.25, 0.3) is 5.65 Å². The lowest BCUT2D eigenvalue weighted by Crippen LogP contribution is -2.34. The van der Waals surface area contributed by atoms with E-state index in [1.54, 1.807) is 42.5 Å². The lowest BCUT2D eigenvalue weighted by Gasteiger charge is -2.41. The third-order valence-corrected chi connectivity index (χ3v) is 9.69. The smallest absolute Gasteiger partial charge is 0.306 e. The Bertz CT molecular complexity index is 1630. The summed E-state index contributed by atoms with van der Waals surface area (Å²) in [5.74, 6) is -1.13. The van der Waals surface area contributed by atoms with Gasteiger partial charge in [-0.05, 0) is 73.2 Å². The van der Waals surface area contributed by atoms with E-state index in [-0.39, 0.29) is 48.6 Å². The van der Waals surface area contributed by atoms with Crippen LogP contribution in [0, 0.1) is 13.8 Å². The first-order valence-electron chi connectivity index (χ1n) is 14.1. The molecule has 0 spiro atoms. The van der Waals surface area contributed by atoms with Gasteiger partial charge in [0.25, 0.3) is 6.43 Å². The van der Waals surface area contributed by atoms with Crippen molar-refractivity contribution in [3.8, 4) is 5.88 Å². The van der Waals surface area contributed by atoms with Crippen molar-refractivity contribution in [1.29, 1.82) is 0 Å². The molecule has 1 aromatic carbocycles. The van der Waals surface area contributed by atoms with Gasteiger partial charge in [0.15, 0.2) is 5.65 Å². The fraction of sp³-hybridized carbons (Fsp3) is 0.400. The minimum Gasteiger partial charge on any atom is -0.472 e. The number of aryl methyl sites for hydroxylation is 2. The largest absolute Gasteiger partial charge is 0.472 e. The highest BCUT2D eigenvalue weighted by Gasteiger charge is 2.36. The average molecular weight is 616 g/mol. The van der Waals surface area contributed by atoms with Crippen LogP contribution in [0.15, 0.2) is 53.7 Å². The molecule has 0 aliphatic carbocycles. The van der Waals surface area contributed by atoms with Gasteiger partial charge >= 0.3 is 5.97 Å². The third kappa shape index (κ3) is 6.07. The Balaban J connectivity index is 1.56. The van der Waals surface area contributed by atoms with Crippen LogP contribution in [-0.4, -0.2) is 58.2 Å². The molecular formula is C30H35F2N5O5S. The number of alkyl halides is 2. The first kappa shape index (κ1) is 30.8. The molecule has 1 aliphatic heterocycles. The van der Waals surface area contributed by atoms with Crippen molar-refractivity contribution in [1.82, 2.24) is 23.9 Å². The quantitative estimate of drug-likeness (QED) is 0.204. The molecule has 2 N–H and O–H groups in total. The monoisotopic (exact) mass is 615 g/mol. The number of ether oxygens (including phenoxy) is 2. The fourth-order valence-corrected chi connectivity index (χ4v) is 6.98. The van der Waals surface area contributed by atoms with Crippen molar-refractivity contribution in [2.75, 3.05) is 13.2 Å². The van der Waals surface area contributed by atoms with Crippen LogP contribution in [0.1, 0.15) is 72.7 Å². The van der Waals surface area contributed by atoms with Gasteiger partial charge in [-0.3, -0.25) is 18.3 Å². The molecule has 0 radical (unpaired) electrons. The molecule has 13 heteroatoms. The maximum Gasteiger partial charge on any atom is 0.306 e. The fourth-order valence-electron chi connectivity index (χ4n) is 5.41. The van der Waals surface area contributed by atoms with E-state index in [4.69, 9.17) is 9.47 Å². The highest BCUT2D eigenvalue weighted by atomic mass is 32.3. The number of nitrogens with zero attached hydrogens (tertiary/aromatic N) is 5. The number of esters is 1. The summed E-state index contributed by atoms with van der Waals surface area (Å²) in [4.78, 5) is 17.3. The molecule has 0 fully saturated rings. The first-order valence-corrected chi connectivity index (χ1v) is 15.6. The predicted molar refractivity (Wildman–Crippen MR) is 157 cm³/mol. The number of carbonyl (C=O) groups excluding carboxylic acids is 1. The summed E-state index contributed by atoms with van der Waals surface area (Å²) in [7, 11) is -3.43. The number of fused-ring (bicyclic) bond motifs is 2. The zero-order valence-electron chi connectivity index (χ0n) is 24.4. The topological polar surface area (TPSA) is 122 Å². The van der Waals surface area contributed by atoms with Gasteiger partial charge in [-0.25, -0.2) is 13.8 Å². The number of rotatable bonds is 9. The van der Waals surface area contributed by atoms with Gasteiger partial charge in [-0.15, -0.1) is 21.0 Å². The average Bonchev–Trinajstić information content (AvgIpc) is 3.38. The molecule has 3 aromatic heterocycles. The van der Waals surface area contributed by atoms with Gasteiger partial charge < -0.3 is 9.47 Å². The Hall–Kier alpha value is -3.65. The molecular weight excluding hydrogens is 580 g/mol.